The molecule has 0 radical (unpaired) electrons. The standard InChI is InChI=1S/C18H33N5O2/c1-15-3-4-16(2)23(15)12-9-20-7-10-21(11-8-20)18(25)14-22-6-5-19-13-17(22)24/h15-16,19H,3-14H2,1-2H3. The maximum absolute atomic E-state index is 12.5. The zero-order valence-electron chi connectivity index (χ0n) is 15.7. The fourth-order valence-corrected chi connectivity index (χ4v) is 4.24. The number of nitrogens with zero attached hydrogens (tertiary/aromatic N) is 4. The molecule has 142 valence electrons. The first-order valence-corrected chi connectivity index (χ1v) is 9.79. The third kappa shape index (κ3) is 4.71. The van der Waals surface area contributed by atoms with Gasteiger partial charge >= 0.3 is 0 Å². The Morgan fingerprint density at radius 3 is 2.36 bits per heavy atom. The fourth-order valence-electron chi connectivity index (χ4n) is 4.24. The molecule has 0 aromatic carbocycles. The molecule has 7 heteroatoms. The van der Waals surface area contributed by atoms with E-state index in [4.69, 9.17) is 0 Å². The second kappa shape index (κ2) is 8.47. The molecular weight excluding hydrogens is 318 g/mol. The number of hydrogen-bond donors (Lipinski definition) is 1. The largest absolute Gasteiger partial charge is 0.339 e. The highest BCUT2D eigenvalue weighted by atomic mass is 16.2. The summed E-state index contributed by atoms with van der Waals surface area (Å²) in [6.45, 7) is 12.3. The Morgan fingerprint density at radius 2 is 1.72 bits per heavy atom. The zero-order valence-corrected chi connectivity index (χ0v) is 15.7. The van der Waals surface area contributed by atoms with Crippen LogP contribution in [0.15, 0.2) is 0 Å². The minimum absolute atomic E-state index is 0.0343. The predicted molar refractivity (Wildman–Crippen MR) is 97.3 cm³/mol. The van der Waals surface area contributed by atoms with E-state index in [-0.39, 0.29) is 18.4 Å². The summed E-state index contributed by atoms with van der Waals surface area (Å²) in [5.74, 6) is 0.128. The van der Waals surface area contributed by atoms with Crippen molar-refractivity contribution in [3.63, 3.8) is 0 Å². The molecule has 3 saturated heterocycles. The molecular formula is C18H33N5O2. The summed E-state index contributed by atoms with van der Waals surface area (Å²) in [7, 11) is 0. The van der Waals surface area contributed by atoms with Gasteiger partial charge < -0.3 is 15.1 Å². The van der Waals surface area contributed by atoms with E-state index in [1.54, 1.807) is 4.90 Å². The molecule has 0 saturated carbocycles. The molecule has 0 aromatic heterocycles. The van der Waals surface area contributed by atoms with E-state index in [0.29, 0.717) is 25.2 Å². The van der Waals surface area contributed by atoms with Gasteiger partial charge in [0, 0.05) is 64.4 Å². The lowest BCUT2D eigenvalue weighted by atomic mass is 10.2. The lowest BCUT2D eigenvalue weighted by molar-refractivity contribution is -0.142. The number of rotatable bonds is 5. The van der Waals surface area contributed by atoms with E-state index in [1.807, 2.05) is 4.90 Å². The molecule has 2 unspecified atom stereocenters. The van der Waals surface area contributed by atoms with Crippen LogP contribution in [0.3, 0.4) is 0 Å². The van der Waals surface area contributed by atoms with Crippen molar-refractivity contribution in [3.05, 3.63) is 0 Å². The molecule has 0 aliphatic carbocycles. The number of likely N-dealkylation sites (tertiary alicyclic amines) is 1. The summed E-state index contributed by atoms with van der Waals surface area (Å²) in [5.41, 5.74) is 0. The average molecular weight is 351 g/mol. The van der Waals surface area contributed by atoms with Crippen LogP contribution < -0.4 is 5.32 Å². The molecule has 7 nitrogen and oxygen atoms in total. The molecule has 0 bridgehead atoms. The minimum atomic E-state index is 0.0343. The Hall–Kier alpha value is -1.18. The molecule has 3 heterocycles. The highest BCUT2D eigenvalue weighted by Gasteiger charge is 2.29. The van der Waals surface area contributed by atoms with Gasteiger partial charge in [-0.3, -0.25) is 19.4 Å². The van der Waals surface area contributed by atoms with E-state index in [9.17, 15) is 9.59 Å². The van der Waals surface area contributed by atoms with Gasteiger partial charge in [-0.15, -0.1) is 0 Å². The second-order valence-electron chi connectivity index (χ2n) is 7.73. The minimum Gasteiger partial charge on any atom is -0.339 e. The van der Waals surface area contributed by atoms with Gasteiger partial charge in [0.15, 0.2) is 0 Å². The third-order valence-electron chi connectivity index (χ3n) is 6.05. The number of hydrogen-bond acceptors (Lipinski definition) is 5. The summed E-state index contributed by atoms with van der Waals surface area (Å²) >= 11 is 0. The van der Waals surface area contributed by atoms with Gasteiger partial charge in [-0.2, -0.15) is 0 Å². The van der Waals surface area contributed by atoms with Gasteiger partial charge in [-0.25, -0.2) is 0 Å². The van der Waals surface area contributed by atoms with Crippen molar-refractivity contribution in [2.75, 3.05) is 65.4 Å². The molecule has 3 aliphatic rings. The summed E-state index contributed by atoms with van der Waals surface area (Å²) in [6, 6.07) is 1.41. The van der Waals surface area contributed by atoms with Crippen LogP contribution in [-0.4, -0.2) is 109 Å². The van der Waals surface area contributed by atoms with E-state index in [1.165, 1.54) is 12.8 Å². The molecule has 0 spiro atoms. The first kappa shape index (κ1) is 18.6. The zero-order chi connectivity index (χ0) is 17.8. The summed E-state index contributed by atoms with van der Waals surface area (Å²) in [5, 5.41) is 3.04. The van der Waals surface area contributed by atoms with E-state index >= 15 is 0 Å². The van der Waals surface area contributed by atoms with Crippen molar-refractivity contribution in [2.45, 2.75) is 38.8 Å². The highest BCUT2D eigenvalue weighted by Crippen LogP contribution is 2.22. The molecule has 1 N–H and O–H groups in total. The van der Waals surface area contributed by atoms with E-state index < -0.39 is 0 Å². The smallest absolute Gasteiger partial charge is 0.242 e. The van der Waals surface area contributed by atoms with Gasteiger partial charge in [0.25, 0.3) is 0 Å². The topological polar surface area (TPSA) is 59.1 Å². The van der Waals surface area contributed by atoms with Gasteiger partial charge in [-0.1, -0.05) is 0 Å². The van der Waals surface area contributed by atoms with Crippen LogP contribution >= 0.6 is 0 Å². The second-order valence-corrected chi connectivity index (χ2v) is 7.73. The van der Waals surface area contributed by atoms with Gasteiger partial charge in [0.1, 0.15) is 0 Å². The Balaban J connectivity index is 1.38. The number of carbonyl (C=O) groups is 2. The Morgan fingerprint density at radius 1 is 1.04 bits per heavy atom. The van der Waals surface area contributed by atoms with Crippen molar-refractivity contribution >= 4 is 11.8 Å². The number of amides is 2. The van der Waals surface area contributed by atoms with Crippen LogP contribution in [0.5, 0.6) is 0 Å². The Labute approximate surface area is 151 Å². The van der Waals surface area contributed by atoms with Gasteiger partial charge in [-0.05, 0) is 26.7 Å². The van der Waals surface area contributed by atoms with Gasteiger partial charge in [0.05, 0.1) is 13.1 Å². The predicted octanol–water partition coefficient (Wildman–Crippen LogP) is -0.565. The van der Waals surface area contributed by atoms with E-state index in [2.05, 4.69) is 29.0 Å². The number of nitrogens with one attached hydrogen (secondary N) is 1. The maximum Gasteiger partial charge on any atom is 0.242 e. The van der Waals surface area contributed by atoms with Crippen LogP contribution in [0, 0.1) is 0 Å². The first-order valence-electron chi connectivity index (χ1n) is 9.79. The van der Waals surface area contributed by atoms with Crippen molar-refractivity contribution in [2.24, 2.45) is 0 Å². The monoisotopic (exact) mass is 351 g/mol. The van der Waals surface area contributed by atoms with Crippen molar-refractivity contribution < 1.29 is 9.59 Å². The van der Waals surface area contributed by atoms with Crippen LogP contribution in [-0.2, 0) is 9.59 Å². The molecule has 2 amide bonds. The Bertz CT molecular complexity index is 468. The molecule has 3 aliphatic heterocycles. The maximum atomic E-state index is 12.5. The summed E-state index contributed by atoms with van der Waals surface area (Å²) in [6.07, 6.45) is 2.63. The first-order chi connectivity index (χ1) is 12.0. The van der Waals surface area contributed by atoms with Crippen molar-refractivity contribution in [1.29, 1.82) is 0 Å². The van der Waals surface area contributed by atoms with Gasteiger partial charge in [0.2, 0.25) is 11.8 Å². The Kier molecular flexibility index (Phi) is 6.30. The molecule has 25 heavy (non-hydrogen) atoms. The molecule has 3 fully saturated rings. The lowest BCUT2D eigenvalue weighted by Crippen LogP contribution is -2.55. The van der Waals surface area contributed by atoms with Crippen LogP contribution in [0.1, 0.15) is 26.7 Å². The SMILES string of the molecule is CC1CCC(C)N1CCN1CCN(C(=O)CN2CCNCC2=O)CC1. The molecule has 3 rings (SSSR count). The molecule has 2 atom stereocenters. The number of carbonyl (C=O) groups excluding carboxylic acids is 2. The van der Waals surface area contributed by atoms with Crippen molar-refractivity contribution in [3.8, 4) is 0 Å². The summed E-state index contributed by atoms with van der Waals surface area (Å²) in [4.78, 5) is 33.0. The lowest BCUT2D eigenvalue weighted by Gasteiger charge is -2.37. The van der Waals surface area contributed by atoms with Crippen LogP contribution in [0.4, 0.5) is 0 Å². The van der Waals surface area contributed by atoms with Crippen LogP contribution in [0.25, 0.3) is 0 Å². The highest BCUT2D eigenvalue weighted by molar-refractivity contribution is 5.86. The normalized spacial score (nSPS) is 29.4. The van der Waals surface area contributed by atoms with E-state index in [0.717, 1.165) is 45.8 Å². The third-order valence-corrected chi connectivity index (χ3v) is 6.05. The summed E-state index contributed by atoms with van der Waals surface area (Å²) < 4.78 is 0. The number of piperazine rings is 2. The average Bonchev–Trinajstić information content (AvgIpc) is 2.93. The fraction of sp³-hybridized carbons (Fsp3) is 0.889. The van der Waals surface area contributed by atoms with Crippen molar-refractivity contribution in [1.82, 2.24) is 24.9 Å². The quantitative estimate of drug-likeness (QED) is 0.719. The molecule has 0 aromatic rings. The van der Waals surface area contributed by atoms with Crippen LogP contribution in [0.2, 0.25) is 0 Å².